The van der Waals surface area contributed by atoms with Gasteiger partial charge in [-0.3, -0.25) is 13.8 Å². The molecule has 0 bridgehead atoms. The Bertz CT molecular complexity index is 744. The van der Waals surface area contributed by atoms with E-state index < -0.39 is 39.7 Å². The summed E-state index contributed by atoms with van der Waals surface area (Å²) in [6, 6.07) is 6.64. The fraction of sp³-hybridized carbons (Fsp3) is 0.267. The van der Waals surface area contributed by atoms with Gasteiger partial charge in [0.05, 0.1) is 6.61 Å². The van der Waals surface area contributed by atoms with Crippen molar-refractivity contribution in [2.24, 2.45) is 0 Å². The molecule has 0 spiro atoms. The molecule has 0 fully saturated rings. The number of nitrogens with one attached hydrogen (secondary N) is 1. The largest absolute Gasteiger partial charge is 0.473 e. The lowest BCUT2D eigenvalue weighted by molar-refractivity contribution is -0.173. The van der Waals surface area contributed by atoms with Crippen molar-refractivity contribution in [3.8, 4) is 24.2 Å². The van der Waals surface area contributed by atoms with Crippen LogP contribution in [0.3, 0.4) is 0 Å². The van der Waals surface area contributed by atoms with Crippen molar-refractivity contribution in [2.45, 2.75) is 6.18 Å². The number of phosphoric acid groups is 1. The van der Waals surface area contributed by atoms with Crippen LogP contribution < -0.4 is 5.32 Å². The Morgan fingerprint density at radius 3 is 2.40 bits per heavy atom. The predicted octanol–water partition coefficient (Wildman–Crippen LogP) is 1.83. The lowest BCUT2D eigenvalue weighted by atomic mass is 10.1. The van der Waals surface area contributed by atoms with Crippen LogP contribution in [0.5, 0.6) is 0 Å². The van der Waals surface area contributed by atoms with E-state index in [-0.39, 0.29) is 0 Å². The fourth-order valence-electron chi connectivity index (χ4n) is 1.36. The zero-order chi connectivity index (χ0) is 18.9. The summed E-state index contributed by atoms with van der Waals surface area (Å²) in [5, 5.41) is 1.47. The predicted molar refractivity (Wildman–Crippen MR) is 82.0 cm³/mol. The van der Waals surface area contributed by atoms with Crippen molar-refractivity contribution in [2.75, 3.05) is 19.8 Å². The van der Waals surface area contributed by atoms with Crippen LogP contribution in [0.25, 0.3) is 0 Å². The zero-order valence-electron chi connectivity index (χ0n) is 12.7. The fourth-order valence-corrected chi connectivity index (χ4v) is 1.99. The van der Waals surface area contributed by atoms with E-state index in [1.54, 1.807) is 24.3 Å². The van der Waals surface area contributed by atoms with Crippen LogP contribution >= 0.6 is 7.82 Å². The maximum absolute atomic E-state index is 11.9. The molecule has 0 aromatic heterocycles. The maximum Gasteiger partial charge on any atom is 0.473 e. The monoisotopic (exact) mass is 375 g/mol. The number of phosphoric ester groups is 1. The number of benzene rings is 1. The van der Waals surface area contributed by atoms with Gasteiger partial charge in [0.25, 0.3) is 0 Å². The van der Waals surface area contributed by atoms with Gasteiger partial charge in [-0.05, 0) is 24.3 Å². The molecular formula is C15H13F3NO5P. The van der Waals surface area contributed by atoms with Gasteiger partial charge in [-0.25, -0.2) is 4.57 Å². The highest BCUT2D eigenvalue weighted by Crippen LogP contribution is 2.42. The number of carbonyl (C=O) groups is 1. The molecule has 1 unspecified atom stereocenters. The zero-order valence-corrected chi connectivity index (χ0v) is 13.6. The number of terminal acetylenes is 1. The molecule has 0 saturated heterocycles. The highest BCUT2D eigenvalue weighted by atomic mass is 31.2. The molecule has 1 rings (SSSR count). The minimum Gasteiger partial charge on any atom is -0.346 e. The van der Waals surface area contributed by atoms with Crippen LogP contribution in [-0.4, -0.2) is 36.7 Å². The molecule has 0 radical (unpaired) electrons. The first-order valence-electron chi connectivity index (χ1n) is 6.66. The van der Waals surface area contributed by atoms with Gasteiger partial charge in [0.2, 0.25) is 0 Å². The summed E-state index contributed by atoms with van der Waals surface area (Å²) in [5.74, 6) is 5.38. The molecule has 0 heterocycles. The molecule has 0 saturated carbocycles. The van der Waals surface area contributed by atoms with Crippen molar-refractivity contribution in [3.05, 3.63) is 35.4 Å². The summed E-state index contributed by atoms with van der Waals surface area (Å²) >= 11 is 0. The molecule has 0 aliphatic rings. The molecule has 10 heteroatoms. The van der Waals surface area contributed by atoms with Gasteiger partial charge in [-0.1, -0.05) is 17.8 Å². The molecule has 1 amide bonds. The number of rotatable bonds is 6. The van der Waals surface area contributed by atoms with Crippen LogP contribution in [0.2, 0.25) is 0 Å². The van der Waals surface area contributed by atoms with Crippen molar-refractivity contribution in [1.82, 2.24) is 5.32 Å². The SMILES string of the molecule is C#Cc1ccc(C#CCOP(=O)(O)OCCNC(=O)C(F)(F)F)cc1. The van der Waals surface area contributed by atoms with E-state index in [1.165, 1.54) is 5.32 Å². The Labute approximate surface area is 141 Å². The van der Waals surface area contributed by atoms with E-state index in [0.29, 0.717) is 11.1 Å². The number of halogens is 3. The van der Waals surface area contributed by atoms with Crippen LogP contribution in [0.15, 0.2) is 24.3 Å². The quantitative estimate of drug-likeness (QED) is 0.450. The Hall–Kier alpha value is -2.29. The smallest absolute Gasteiger partial charge is 0.346 e. The van der Waals surface area contributed by atoms with Crippen molar-refractivity contribution in [1.29, 1.82) is 0 Å². The second-order valence-corrected chi connectivity index (χ2v) is 5.81. The van der Waals surface area contributed by atoms with Crippen LogP contribution in [0, 0.1) is 24.2 Å². The summed E-state index contributed by atoms with van der Waals surface area (Å²) in [5.41, 5.74) is 1.28. The van der Waals surface area contributed by atoms with Crippen LogP contribution in [0.1, 0.15) is 11.1 Å². The van der Waals surface area contributed by atoms with Crippen molar-refractivity contribution in [3.63, 3.8) is 0 Å². The van der Waals surface area contributed by atoms with Crippen LogP contribution in [-0.2, 0) is 18.4 Å². The normalized spacial score (nSPS) is 13.1. The first kappa shape index (κ1) is 20.8. The molecule has 0 aliphatic carbocycles. The van der Waals surface area contributed by atoms with Gasteiger partial charge in [-0.2, -0.15) is 13.2 Å². The molecule has 134 valence electrons. The maximum atomic E-state index is 11.9. The Kier molecular flexibility index (Phi) is 7.69. The summed E-state index contributed by atoms with van der Waals surface area (Å²) in [6.45, 7) is -1.70. The Morgan fingerprint density at radius 1 is 1.24 bits per heavy atom. The summed E-state index contributed by atoms with van der Waals surface area (Å²) < 4.78 is 56.0. The summed E-state index contributed by atoms with van der Waals surface area (Å²) in [4.78, 5) is 19.8. The lowest BCUT2D eigenvalue weighted by Crippen LogP contribution is -2.38. The number of hydrogen-bond donors (Lipinski definition) is 2. The van der Waals surface area contributed by atoms with Crippen molar-refractivity contribution >= 4 is 13.7 Å². The van der Waals surface area contributed by atoms with Gasteiger partial charge in [0.15, 0.2) is 0 Å². The average Bonchev–Trinajstić information content (AvgIpc) is 2.55. The third-order valence-electron chi connectivity index (χ3n) is 2.48. The van der Waals surface area contributed by atoms with Gasteiger partial charge in [0.1, 0.15) is 6.61 Å². The molecule has 1 atom stereocenters. The average molecular weight is 375 g/mol. The van der Waals surface area contributed by atoms with Crippen molar-refractivity contribution < 1.29 is 36.5 Å². The standard InChI is InChI=1S/C15H13F3NO5P/c1-2-12-5-7-13(8-6-12)4-3-10-23-25(21,22)24-11-9-19-14(20)15(16,17)18/h1,5-8H,9-11H2,(H,19,20)(H,21,22). The van der Waals surface area contributed by atoms with E-state index in [1.807, 2.05) is 0 Å². The van der Waals surface area contributed by atoms with Gasteiger partial charge < -0.3 is 10.2 Å². The van der Waals surface area contributed by atoms with Gasteiger partial charge >= 0.3 is 19.9 Å². The Morgan fingerprint density at radius 2 is 1.84 bits per heavy atom. The second-order valence-electron chi connectivity index (χ2n) is 4.35. The molecule has 6 nitrogen and oxygen atoms in total. The molecule has 2 N–H and O–H groups in total. The number of hydrogen-bond acceptors (Lipinski definition) is 4. The first-order chi connectivity index (χ1) is 11.6. The van der Waals surface area contributed by atoms with E-state index in [0.717, 1.165) is 0 Å². The second kappa shape index (κ2) is 9.26. The molecule has 25 heavy (non-hydrogen) atoms. The molecule has 1 aromatic rings. The third kappa shape index (κ3) is 8.39. The summed E-state index contributed by atoms with van der Waals surface area (Å²) in [7, 11) is -4.49. The van der Waals surface area contributed by atoms with Gasteiger partial charge in [0, 0.05) is 17.7 Å². The number of amides is 1. The summed E-state index contributed by atoms with van der Waals surface area (Å²) in [6.07, 6.45) is 0.165. The molecular weight excluding hydrogens is 362 g/mol. The molecule has 1 aromatic carbocycles. The van der Waals surface area contributed by atoms with E-state index in [2.05, 4.69) is 26.8 Å². The minimum absolute atomic E-state index is 0.445. The number of alkyl halides is 3. The molecule has 0 aliphatic heterocycles. The minimum atomic E-state index is -5.03. The van der Waals surface area contributed by atoms with Gasteiger partial charge in [-0.15, -0.1) is 6.42 Å². The number of carbonyl (C=O) groups excluding carboxylic acids is 1. The van der Waals surface area contributed by atoms with E-state index in [4.69, 9.17) is 6.42 Å². The third-order valence-corrected chi connectivity index (χ3v) is 3.45. The first-order valence-corrected chi connectivity index (χ1v) is 8.16. The van der Waals surface area contributed by atoms with Crippen LogP contribution in [0.4, 0.5) is 13.2 Å². The topological polar surface area (TPSA) is 84.9 Å². The lowest BCUT2D eigenvalue weighted by Gasteiger charge is -2.11. The van der Waals surface area contributed by atoms with E-state index >= 15 is 0 Å². The van der Waals surface area contributed by atoms with E-state index in [9.17, 15) is 27.4 Å². The highest BCUT2D eigenvalue weighted by Gasteiger charge is 2.38. The Balaban J connectivity index is 2.34. The highest BCUT2D eigenvalue weighted by molar-refractivity contribution is 7.47.